The number of fused-ring (bicyclic) bond motifs is 5. The van der Waals surface area contributed by atoms with Gasteiger partial charge >= 0.3 is 5.97 Å². The number of amides is 4. The highest BCUT2D eigenvalue weighted by Gasteiger charge is 2.45. The Morgan fingerprint density at radius 1 is 0.779 bits per heavy atom. The van der Waals surface area contributed by atoms with E-state index in [0.717, 1.165) is 6.07 Å². The number of ether oxygens (including phenoxy) is 10. The van der Waals surface area contributed by atoms with Gasteiger partial charge in [0.2, 0.25) is 23.6 Å². The summed E-state index contributed by atoms with van der Waals surface area (Å²) < 4.78 is 70.7. The molecule has 5 N–H and O–H groups in total. The number of carbonyl (C=O) groups is 5. The van der Waals surface area contributed by atoms with E-state index in [0.29, 0.717) is 128 Å². The predicted octanol–water partition coefficient (Wildman–Crippen LogP) is 1.38. The first-order valence-corrected chi connectivity index (χ1v) is 25.4. The Hall–Kier alpha value is -6.23. The molecule has 2 unspecified atom stereocenters. The van der Waals surface area contributed by atoms with Crippen LogP contribution in [-0.4, -0.2) is 188 Å². The molecule has 0 spiro atoms. The van der Waals surface area contributed by atoms with E-state index in [1.807, 2.05) is 0 Å². The van der Waals surface area contributed by atoms with Crippen LogP contribution in [0.2, 0.25) is 0 Å². The van der Waals surface area contributed by atoms with E-state index in [4.69, 9.17) is 52.9 Å². The quantitative estimate of drug-likeness (QED) is 0.0139. The molecule has 2 aromatic heterocycles. The summed E-state index contributed by atoms with van der Waals surface area (Å²) in [5.41, 5.74) is 7.41. The Balaban J connectivity index is 0.873. The van der Waals surface area contributed by atoms with Crippen LogP contribution in [-0.2, 0) is 90.1 Å². The summed E-state index contributed by atoms with van der Waals surface area (Å²) in [6.45, 7) is 12.0. The molecule has 5 rings (SSSR count). The zero-order valence-electron chi connectivity index (χ0n) is 43.9. The van der Waals surface area contributed by atoms with Gasteiger partial charge in [0.15, 0.2) is 5.60 Å². The van der Waals surface area contributed by atoms with Gasteiger partial charge in [-0.1, -0.05) is 25.9 Å². The number of esters is 1. The smallest absolute Gasteiger partial charge is 0.343 e. The molecule has 0 radical (unpaired) electrons. The van der Waals surface area contributed by atoms with Crippen LogP contribution in [0, 0.1) is 11.7 Å². The van der Waals surface area contributed by atoms with Crippen LogP contribution >= 0.6 is 0 Å². The zero-order valence-corrected chi connectivity index (χ0v) is 43.9. The van der Waals surface area contributed by atoms with E-state index in [1.165, 1.54) is 17.6 Å². The fourth-order valence-corrected chi connectivity index (χ4v) is 7.80. The van der Waals surface area contributed by atoms with E-state index < -0.39 is 77.8 Å². The second-order valence-electron chi connectivity index (χ2n) is 17.8. The molecule has 4 heterocycles. The maximum atomic E-state index is 15.5. The Bertz CT molecular complexity index is 2560. The summed E-state index contributed by atoms with van der Waals surface area (Å²) in [7, 11) is 0. The summed E-state index contributed by atoms with van der Waals surface area (Å²) in [5.74, 6) is -4.70. The molecule has 0 aliphatic carbocycles. The predicted molar refractivity (Wildman–Crippen MR) is 272 cm³/mol. The van der Waals surface area contributed by atoms with Gasteiger partial charge in [0, 0.05) is 40.6 Å². The lowest BCUT2D eigenvalue weighted by Crippen LogP contribution is -2.54. The number of azide groups is 1. The first-order chi connectivity index (χ1) is 37.2. The molecule has 1 aromatic carbocycles. The van der Waals surface area contributed by atoms with Crippen LogP contribution in [0.3, 0.4) is 0 Å². The number of halogens is 1. The maximum absolute atomic E-state index is 15.5. The summed E-state index contributed by atoms with van der Waals surface area (Å²) in [4.78, 5) is 84.8. The van der Waals surface area contributed by atoms with Crippen molar-refractivity contribution in [1.29, 1.82) is 0 Å². The summed E-state index contributed by atoms with van der Waals surface area (Å²) in [5, 5.41) is 25.2. The van der Waals surface area contributed by atoms with E-state index in [1.54, 1.807) is 32.9 Å². The SMILES string of the molecule is CC[C@@]1(O)C(=O)OCc2c1cc1n(c2=O)Cc2cc3cc(NC(=O)C(C)NC(=O)C(NC(=O)COCC(=O)NCCOCCOCCOCCOCCOCCOCCOCCOCCN=[N+]=[N-])C(C)C)c(F)cc3nc2-1. The highest BCUT2D eigenvalue weighted by Crippen LogP contribution is 2.39. The van der Waals surface area contributed by atoms with Crippen LogP contribution < -0.4 is 26.8 Å². The van der Waals surface area contributed by atoms with Crippen molar-refractivity contribution in [2.24, 2.45) is 11.0 Å². The highest BCUT2D eigenvalue weighted by molar-refractivity contribution is 6.00. The average Bonchev–Trinajstić information content (AvgIpc) is 3.84. The second kappa shape index (κ2) is 32.5. The zero-order chi connectivity index (χ0) is 55.6. The topological polar surface area (TPSA) is 330 Å². The van der Waals surface area contributed by atoms with Gasteiger partial charge in [-0.3, -0.25) is 24.0 Å². The molecule has 2 aliphatic rings. The van der Waals surface area contributed by atoms with Gasteiger partial charge in [0.05, 0.1) is 140 Å². The van der Waals surface area contributed by atoms with Crippen molar-refractivity contribution in [1.82, 2.24) is 25.5 Å². The van der Waals surface area contributed by atoms with Crippen LogP contribution in [0.15, 0.2) is 34.2 Å². The van der Waals surface area contributed by atoms with Crippen molar-refractivity contribution >= 4 is 46.2 Å². The third-order valence-corrected chi connectivity index (χ3v) is 11.9. The monoisotopic (exact) mass is 1090 g/mol. The maximum Gasteiger partial charge on any atom is 0.343 e. The molecule has 26 nitrogen and oxygen atoms in total. The molecule has 4 amide bonds. The standard InChI is InChI=1S/C50H70FN9O17/c1-5-50(67)37-26-41-45-35(28-60(41)48(65)36(37)29-77-49(50)66)24-34-25-40(38(51)27-39(34)56-45)57-46(63)33(4)55-47(64)44(32(2)3)58-43(62)31-76-30-42(61)53-6-8-68-10-12-70-14-16-72-18-20-74-22-23-75-21-19-73-17-15-71-13-11-69-9-7-54-59-52/h24-27,32-33,44,67H,5-23,28-31H2,1-4H3,(H,53,61)(H,55,64)(H,57,63)(H,58,62)/t33?,44?,50-/m0/s1. The Morgan fingerprint density at radius 3 is 1.90 bits per heavy atom. The normalized spacial score (nSPS) is 15.2. The van der Waals surface area contributed by atoms with Gasteiger partial charge in [-0.2, -0.15) is 0 Å². The molecule has 0 bridgehead atoms. The van der Waals surface area contributed by atoms with Crippen molar-refractivity contribution in [3.63, 3.8) is 0 Å². The molecular formula is C50H70FN9O17. The van der Waals surface area contributed by atoms with Gasteiger partial charge < -0.3 is 78.3 Å². The van der Waals surface area contributed by atoms with Crippen LogP contribution in [0.4, 0.5) is 10.1 Å². The largest absolute Gasteiger partial charge is 0.458 e. The van der Waals surface area contributed by atoms with E-state index >= 15 is 4.39 Å². The van der Waals surface area contributed by atoms with E-state index in [9.17, 15) is 33.9 Å². The minimum absolute atomic E-state index is 0.0210. The number of hydrogen-bond acceptors (Lipinski definition) is 19. The van der Waals surface area contributed by atoms with Crippen molar-refractivity contribution in [2.45, 2.75) is 65.0 Å². The number of cyclic esters (lactones) is 1. The molecule has 0 saturated carbocycles. The number of aromatic nitrogens is 2. The summed E-state index contributed by atoms with van der Waals surface area (Å²) >= 11 is 0. The third-order valence-electron chi connectivity index (χ3n) is 11.9. The van der Waals surface area contributed by atoms with Crippen LogP contribution in [0.25, 0.3) is 32.7 Å². The fourth-order valence-electron chi connectivity index (χ4n) is 7.80. The number of benzene rings is 1. The summed E-state index contributed by atoms with van der Waals surface area (Å²) in [6.07, 6.45) is -0.0210. The first kappa shape index (κ1) is 61.6. The molecule has 27 heteroatoms. The third kappa shape index (κ3) is 19.0. The number of nitrogens with zero attached hydrogens (tertiary/aromatic N) is 5. The van der Waals surface area contributed by atoms with Crippen molar-refractivity contribution in [3.05, 3.63) is 67.6 Å². The molecule has 424 valence electrons. The van der Waals surface area contributed by atoms with Gasteiger partial charge in [0.1, 0.15) is 37.7 Å². The average molecular weight is 1090 g/mol. The number of anilines is 1. The molecule has 0 saturated heterocycles. The molecule has 77 heavy (non-hydrogen) atoms. The van der Waals surface area contributed by atoms with E-state index in [2.05, 4.69) is 36.3 Å². The molecule has 0 fully saturated rings. The molecular weight excluding hydrogens is 1020 g/mol. The van der Waals surface area contributed by atoms with Crippen molar-refractivity contribution < 1.29 is 80.8 Å². The van der Waals surface area contributed by atoms with Gasteiger partial charge in [-0.05, 0) is 43.0 Å². The second-order valence-corrected chi connectivity index (χ2v) is 17.8. The number of aliphatic hydroxyl groups is 1. The first-order valence-electron chi connectivity index (χ1n) is 25.4. The fraction of sp³-hybridized carbons (Fsp3) is 0.620. The molecule has 3 aromatic rings. The number of rotatable bonds is 38. The van der Waals surface area contributed by atoms with Gasteiger partial charge in [-0.15, -0.1) is 0 Å². The highest BCUT2D eigenvalue weighted by atomic mass is 19.1. The van der Waals surface area contributed by atoms with Gasteiger partial charge in [0.25, 0.3) is 5.56 Å². The van der Waals surface area contributed by atoms with Gasteiger partial charge in [-0.25, -0.2) is 14.2 Å². The summed E-state index contributed by atoms with van der Waals surface area (Å²) in [6, 6.07) is 3.50. The minimum atomic E-state index is -2.00. The van der Waals surface area contributed by atoms with Crippen molar-refractivity contribution in [3.8, 4) is 11.4 Å². The number of hydrogen-bond donors (Lipinski definition) is 5. The van der Waals surface area contributed by atoms with E-state index in [-0.39, 0.29) is 55.1 Å². The molecule has 3 atom stereocenters. The number of carbonyl (C=O) groups excluding carboxylic acids is 5. The Morgan fingerprint density at radius 2 is 1.34 bits per heavy atom. The number of pyridine rings is 2. The minimum Gasteiger partial charge on any atom is -0.458 e. The van der Waals surface area contributed by atoms with Crippen LogP contribution in [0.1, 0.15) is 50.8 Å². The van der Waals surface area contributed by atoms with Crippen LogP contribution in [0.5, 0.6) is 0 Å². The lowest BCUT2D eigenvalue weighted by molar-refractivity contribution is -0.172. The van der Waals surface area contributed by atoms with Crippen molar-refractivity contribution in [2.75, 3.05) is 137 Å². The Labute approximate surface area is 443 Å². The molecule has 2 aliphatic heterocycles. The Kier molecular flexibility index (Phi) is 26.0. The lowest BCUT2D eigenvalue weighted by atomic mass is 9.86. The lowest BCUT2D eigenvalue weighted by Gasteiger charge is -2.31. The number of nitrogens with one attached hydrogen (secondary N) is 4.